The summed E-state index contributed by atoms with van der Waals surface area (Å²) < 4.78 is 50.7. The second-order valence-electron chi connectivity index (χ2n) is 5.08. The van der Waals surface area contributed by atoms with Crippen molar-refractivity contribution < 1.29 is 16.8 Å². The minimum atomic E-state index is -3.61. The van der Waals surface area contributed by atoms with Gasteiger partial charge in [0.25, 0.3) is 10.0 Å². The molecule has 0 aliphatic heterocycles. The molecule has 0 unspecified atom stereocenters. The molecule has 126 valence electrons. The summed E-state index contributed by atoms with van der Waals surface area (Å²) in [6, 6.07) is 9.64. The summed E-state index contributed by atoms with van der Waals surface area (Å²) in [5.41, 5.74) is 0.927. The summed E-state index contributed by atoms with van der Waals surface area (Å²) in [5.74, 6) is 0. The quantitative estimate of drug-likeness (QED) is 0.805. The monoisotopic (exact) mass is 374 g/mol. The van der Waals surface area contributed by atoms with Crippen molar-refractivity contribution in [1.82, 2.24) is 0 Å². The number of benzene rings is 1. The highest BCUT2D eigenvalue weighted by molar-refractivity contribution is 7.94. The molecule has 1 heterocycles. The largest absolute Gasteiger partial charge is 0.274 e. The van der Waals surface area contributed by atoms with Crippen LogP contribution in [0.4, 0.5) is 11.4 Å². The van der Waals surface area contributed by atoms with Crippen LogP contribution in [-0.2, 0) is 20.0 Å². The Morgan fingerprint density at radius 1 is 0.826 bits per heavy atom. The van der Waals surface area contributed by atoms with E-state index in [1.165, 1.54) is 29.7 Å². The SMILES string of the molecule is Cc1ccc(S(=O)(=O)N(C)c2ccc(N(C)S(C)(=O)=O)cc2)s1. The van der Waals surface area contributed by atoms with Crippen LogP contribution in [0.15, 0.2) is 40.6 Å². The van der Waals surface area contributed by atoms with Gasteiger partial charge in [-0.1, -0.05) is 0 Å². The average Bonchev–Trinajstić information content (AvgIpc) is 2.92. The number of aryl methyl sites for hydroxylation is 1. The molecule has 2 rings (SSSR count). The van der Waals surface area contributed by atoms with Crippen LogP contribution in [0.1, 0.15) is 4.88 Å². The number of sulfonamides is 2. The minimum Gasteiger partial charge on any atom is -0.274 e. The van der Waals surface area contributed by atoms with Crippen molar-refractivity contribution in [2.24, 2.45) is 0 Å². The first-order valence-corrected chi connectivity index (χ1v) is 10.7. The lowest BCUT2D eigenvalue weighted by molar-refractivity contribution is 0.595. The van der Waals surface area contributed by atoms with Crippen LogP contribution in [0, 0.1) is 6.92 Å². The highest BCUT2D eigenvalue weighted by atomic mass is 32.2. The van der Waals surface area contributed by atoms with Crippen LogP contribution in [0.25, 0.3) is 0 Å². The van der Waals surface area contributed by atoms with Gasteiger partial charge >= 0.3 is 0 Å². The molecule has 23 heavy (non-hydrogen) atoms. The van der Waals surface area contributed by atoms with Gasteiger partial charge in [0, 0.05) is 19.0 Å². The van der Waals surface area contributed by atoms with Gasteiger partial charge in [-0.3, -0.25) is 8.61 Å². The Balaban J connectivity index is 2.32. The molecule has 0 N–H and O–H groups in total. The Morgan fingerprint density at radius 3 is 1.70 bits per heavy atom. The number of thiophene rings is 1. The van der Waals surface area contributed by atoms with Gasteiger partial charge in [-0.2, -0.15) is 0 Å². The predicted octanol–water partition coefficient (Wildman–Crippen LogP) is 2.28. The van der Waals surface area contributed by atoms with E-state index in [-0.39, 0.29) is 4.21 Å². The molecule has 9 heteroatoms. The highest BCUT2D eigenvalue weighted by Crippen LogP contribution is 2.28. The maximum absolute atomic E-state index is 12.6. The first kappa shape index (κ1) is 17.8. The first-order valence-electron chi connectivity index (χ1n) is 6.63. The smallest absolute Gasteiger partial charge is 0.273 e. The van der Waals surface area contributed by atoms with E-state index in [0.717, 1.165) is 15.4 Å². The third kappa shape index (κ3) is 3.67. The Kier molecular flexibility index (Phi) is 4.74. The molecule has 1 aromatic carbocycles. The average molecular weight is 375 g/mol. The summed E-state index contributed by atoms with van der Waals surface area (Å²) in [6.07, 6.45) is 1.11. The van der Waals surface area contributed by atoms with Gasteiger partial charge in [-0.15, -0.1) is 11.3 Å². The van der Waals surface area contributed by atoms with Crippen molar-refractivity contribution >= 4 is 42.8 Å². The Labute approximate surface area is 141 Å². The first-order chi connectivity index (χ1) is 10.5. The fourth-order valence-electron chi connectivity index (χ4n) is 1.89. The van der Waals surface area contributed by atoms with Crippen molar-refractivity contribution in [3.05, 3.63) is 41.3 Å². The van der Waals surface area contributed by atoms with Crippen LogP contribution in [-0.4, -0.2) is 37.2 Å². The maximum Gasteiger partial charge on any atom is 0.273 e. The molecule has 0 saturated carbocycles. The molecule has 0 fully saturated rings. The van der Waals surface area contributed by atoms with Crippen molar-refractivity contribution in [3.8, 4) is 0 Å². The summed E-state index contributed by atoms with van der Waals surface area (Å²) in [4.78, 5) is 0.919. The molecule has 6 nitrogen and oxygen atoms in total. The fourth-order valence-corrected chi connectivity index (χ4v) is 5.04. The van der Waals surface area contributed by atoms with Crippen LogP contribution >= 0.6 is 11.3 Å². The van der Waals surface area contributed by atoms with E-state index >= 15 is 0 Å². The van der Waals surface area contributed by atoms with Gasteiger partial charge in [-0.25, -0.2) is 16.8 Å². The molecule has 0 amide bonds. The fraction of sp³-hybridized carbons (Fsp3) is 0.286. The molecule has 0 radical (unpaired) electrons. The van der Waals surface area contributed by atoms with Gasteiger partial charge in [0.15, 0.2) is 0 Å². The van der Waals surface area contributed by atoms with E-state index in [0.29, 0.717) is 11.4 Å². The Hall–Kier alpha value is -1.58. The third-order valence-electron chi connectivity index (χ3n) is 3.40. The van der Waals surface area contributed by atoms with E-state index in [9.17, 15) is 16.8 Å². The Bertz CT molecular complexity index is 900. The Morgan fingerprint density at radius 2 is 1.30 bits per heavy atom. The lowest BCUT2D eigenvalue weighted by Crippen LogP contribution is -2.26. The van der Waals surface area contributed by atoms with E-state index < -0.39 is 20.0 Å². The molecule has 0 saturated heterocycles. The minimum absolute atomic E-state index is 0.273. The van der Waals surface area contributed by atoms with Gasteiger partial charge < -0.3 is 0 Å². The second-order valence-corrected chi connectivity index (χ2v) is 10.6. The van der Waals surface area contributed by atoms with Gasteiger partial charge in [0.2, 0.25) is 10.0 Å². The van der Waals surface area contributed by atoms with E-state index in [4.69, 9.17) is 0 Å². The lowest BCUT2D eigenvalue weighted by Gasteiger charge is -2.21. The molecular weight excluding hydrogens is 356 g/mol. The molecule has 0 bridgehead atoms. The number of hydrogen-bond acceptors (Lipinski definition) is 5. The molecule has 0 aliphatic rings. The number of rotatable bonds is 5. The summed E-state index contributed by atoms with van der Waals surface area (Å²) in [5, 5.41) is 0. The summed E-state index contributed by atoms with van der Waals surface area (Å²) in [7, 11) is -4.05. The standard InChI is InChI=1S/C14H18N2O4S3/c1-11-5-10-14(21-11)23(19,20)16(3)13-8-6-12(7-9-13)15(2)22(4,17)18/h5-10H,1-4H3. The van der Waals surface area contributed by atoms with Crippen molar-refractivity contribution in [3.63, 3.8) is 0 Å². The van der Waals surface area contributed by atoms with Crippen molar-refractivity contribution in [2.45, 2.75) is 11.1 Å². The molecule has 2 aromatic rings. The third-order valence-corrected chi connectivity index (χ3v) is 7.86. The predicted molar refractivity (Wildman–Crippen MR) is 94.3 cm³/mol. The van der Waals surface area contributed by atoms with Gasteiger partial charge in [0.1, 0.15) is 4.21 Å². The maximum atomic E-state index is 12.6. The van der Waals surface area contributed by atoms with Crippen molar-refractivity contribution in [2.75, 3.05) is 29.0 Å². The summed E-state index contributed by atoms with van der Waals surface area (Å²) >= 11 is 1.21. The zero-order chi connectivity index (χ0) is 17.4. The zero-order valence-electron chi connectivity index (χ0n) is 13.2. The van der Waals surface area contributed by atoms with E-state index in [2.05, 4.69) is 0 Å². The van der Waals surface area contributed by atoms with Gasteiger partial charge in [0.05, 0.1) is 17.6 Å². The lowest BCUT2D eigenvalue weighted by atomic mass is 10.3. The molecule has 0 spiro atoms. The van der Waals surface area contributed by atoms with Crippen LogP contribution in [0.2, 0.25) is 0 Å². The van der Waals surface area contributed by atoms with Crippen LogP contribution in [0.5, 0.6) is 0 Å². The molecule has 1 aromatic heterocycles. The van der Waals surface area contributed by atoms with Crippen molar-refractivity contribution in [1.29, 1.82) is 0 Å². The molecule has 0 aliphatic carbocycles. The van der Waals surface area contributed by atoms with Crippen LogP contribution < -0.4 is 8.61 Å². The highest BCUT2D eigenvalue weighted by Gasteiger charge is 2.23. The molecular formula is C14H18N2O4S3. The van der Waals surface area contributed by atoms with Gasteiger partial charge in [-0.05, 0) is 43.3 Å². The topological polar surface area (TPSA) is 74.8 Å². The second kappa shape index (κ2) is 6.14. The number of anilines is 2. The van der Waals surface area contributed by atoms with E-state index in [1.54, 1.807) is 36.4 Å². The van der Waals surface area contributed by atoms with E-state index in [1.807, 2.05) is 6.92 Å². The number of hydrogen-bond donors (Lipinski definition) is 0. The summed E-state index contributed by atoms with van der Waals surface area (Å²) in [6.45, 7) is 1.85. The normalized spacial score (nSPS) is 12.2. The zero-order valence-corrected chi connectivity index (χ0v) is 15.7. The number of nitrogens with zero attached hydrogens (tertiary/aromatic N) is 2. The van der Waals surface area contributed by atoms with Crippen LogP contribution in [0.3, 0.4) is 0 Å². The molecule has 0 atom stereocenters.